The zero-order chi connectivity index (χ0) is 26.0. The lowest BCUT2D eigenvalue weighted by atomic mass is 10.2. The van der Waals surface area contributed by atoms with E-state index in [0.717, 1.165) is 6.07 Å². The molecule has 0 saturated carbocycles. The predicted octanol–water partition coefficient (Wildman–Crippen LogP) is 3.79. The second-order valence-corrected chi connectivity index (χ2v) is 7.74. The maximum Gasteiger partial charge on any atom is 0.332 e. The van der Waals surface area contributed by atoms with Gasteiger partial charge in [-0.2, -0.15) is 4.98 Å². The van der Waals surface area contributed by atoms with Crippen LogP contribution in [0.2, 0.25) is 5.02 Å². The summed E-state index contributed by atoms with van der Waals surface area (Å²) in [5.41, 5.74) is -0.123. The summed E-state index contributed by atoms with van der Waals surface area (Å²) in [5, 5.41) is 0.127. The fourth-order valence-electron chi connectivity index (χ4n) is 3.59. The molecule has 0 aliphatic carbocycles. The Morgan fingerprint density at radius 2 is 1.72 bits per heavy atom. The van der Waals surface area contributed by atoms with E-state index in [1.165, 1.54) is 51.2 Å². The Balaban J connectivity index is 1.84. The average molecular weight is 523 g/mol. The Bertz CT molecular complexity index is 1490. The summed E-state index contributed by atoms with van der Waals surface area (Å²) >= 11 is 6.49. The fourth-order valence-corrected chi connectivity index (χ4v) is 3.82. The number of methoxy groups -OCH3 is 4. The number of benzene rings is 2. The summed E-state index contributed by atoms with van der Waals surface area (Å²) in [6, 6.07) is 5.09. The summed E-state index contributed by atoms with van der Waals surface area (Å²) in [7, 11) is 5.59. The van der Waals surface area contributed by atoms with E-state index in [2.05, 4.69) is 15.0 Å². The van der Waals surface area contributed by atoms with Crippen molar-refractivity contribution in [2.75, 3.05) is 28.4 Å². The first-order valence-corrected chi connectivity index (χ1v) is 10.8. The summed E-state index contributed by atoms with van der Waals surface area (Å²) in [5.74, 6) is -1.36. The highest BCUT2D eigenvalue weighted by Gasteiger charge is 2.22. The molecule has 0 unspecified atom stereocenters. The molecule has 4 rings (SSSR count). The van der Waals surface area contributed by atoms with Crippen LogP contribution in [0.3, 0.4) is 0 Å². The quantitative estimate of drug-likeness (QED) is 0.353. The monoisotopic (exact) mass is 522 g/mol. The molecule has 0 spiro atoms. The molecule has 1 N–H and O–H groups in total. The first-order chi connectivity index (χ1) is 17.3. The van der Waals surface area contributed by atoms with Crippen molar-refractivity contribution in [1.82, 2.24) is 19.5 Å². The van der Waals surface area contributed by atoms with Crippen LogP contribution in [-0.4, -0.2) is 48.0 Å². The highest BCUT2D eigenvalue weighted by molar-refractivity contribution is 6.32. The van der Waals surface area contributed by atoms with Crippen molar-refractivity contribution in [1.29, 1.82) is 0 Å². The number of nitrogens with one attached hydrogen (secondary N) is 1. The van der Waals surface area contributed by atoms with Crippen LogP contribution in [0, 0.1) is 11.6 Å². The van der Waals surface area contributed by atoms with Crippen molar-refractivity contribution in [3.05, 3.63) is 62.8 Å². The van der Waals surface area contributed by atoms with Crippen molar-refractivity contribution in [2.45, 2.75) is 13.2 Å². The molecule has 13 heteroatoms. The number of halogens is 3. The van der Waals surface area contributed by atoms with E-state index in [9.17, 15) is 13.6 Å². The van der Waals surface area contributed by atoms with Crippen LogP contribution in [0.25, 0.3) is 16.9 Å². The van der Waals surface area contributed by atoms with E-state index >= 15 is 0 Å². The van der Waals surface area contributed by atoms with Crippen LogP contribution in [0.15, 0.2) is 29.1 Å². The molecule has 4 aromatic rings. The van der Waals surface area contributed by atoms with Crippen molar-refractivity contribution < 1.29 is 32.5 Å². The van der Waals surface area contributed by atoms with Crippen molar-refractivity contribution in [3.8, 4) is 28.8 Å². The van der Waals surface area contributed by atoms with E-state index in [1.54, 1.807) is 0 Å². The van der Waals surface area contributed by atoms with Gasteiger partial charge < -0.3 is 23.7 Å². The molecule has 190 valence electrons. The van der Waals surface area contributed by atoms with E-state index in [0.29, 0.717) is 0 Å². The van der Waals surface area contributed by atoms with Crippen LogP contribution < -0.4 is 24.6 Å². The summed E-state index contributed by atoms with van der Waals surface area (Å²) in [6.07, 6.45) is 0. The first-order valence-electron chi connectivity index (χ1n) is 10.4. The van der Waals surface area contributed by atoms with Gasteiger partial charge in [0.2, 0.25) is 5.88 Å². The lowest BCUT2D eigenvalue weighted by molar-refractivity contribution is 0.177. The van der Waals surface area contributed by atoms with Gasteiger partial charge in [-0.05, 0) is 12.1 Å². The number of ether oxygens (including phenoxy) is 5. The third-order valence-electron chi connectivity index (χ3n) is 5.24. The number of aromatic amines is 1. The first kappa shape index (κ1) is 25.2. The number of rotatable bonds is 9. The predicted molar refractivity (Wildman–Crippen MR) is 126 cm³/mol. The molecule has 2 aromatic carbocycles. The maximum absolute atomic E-state index is 14.4. The summed E-state index contributed by atoms with van der Waals surface area (Å²) in [4.78, 5) is 24.2. The molecule has 36 heavy (non-hydrogen) atoms. The Morgan fingerprint density at radius 1 is 0.972 bits per heavy atom. The SMILES string of the molecule is COCc1nc(OC)c2[nH]c(=O)n(-c3cc(OCc4c(OC)ccc(F)c4F)c(OC)cc3Cl)c2n1. The number of H-pyrrole nitrogens is 1. The Kier molecular flexibility index (Phi) is 7.27. The van der Waals surface area contributed by atoms with Gasteiger partial charge in [-0.1, -0.05) is 11.6 Å². The third kappa shape index (κ3) is 4.52. The zero-order valence-electron chi connectivity index (χ0n) is 19.6. The zero-order valence-corrected chi connectivity index (χ0v) is 20.4. The average Bonchev–Trinajstić information content (AvgIpc) is 3.20. The van der Waals surface area contributed by atoms with E-state index in [4.69, 9.17) is 35.3 Å². The van der Waals surface area contributed by atoms with Crippen molar-refractivity contribution in [3.63, 3.8) is 0 Å². The number of nitrogens with zero attached hydrogens (tertiary/aromatic N) is 3. The number of fused-ring (bicyclic) bond motifs is 1. The molecule has 0 saturated heterocycles. The second kappa shape index (κ2) is 10.4. The standard InChI is InChI=1S/C23H21ClF2N4O6/c1-32-10-18-27-21-20(22(28-18)35-4)29-23(31)30(21)14-8-17(16(34-3)7-12(14)24)36-9-11-15(33-2)6-5-13(25)19(11)26/h5-8H,9-10H2,1-4H3,(H,29,31). The number of aromatic nitrogens is 4. The molecular weight excluding hydrogens is 502 g/mol. The molecule has 2 aromatic heterocycles. The highest BCUT2D eigenvalue weighted by atomic mass is 35.5. The minimum atomic E-state index is -1.11. The lowest BCUT2D eigenvalue weighted by Crippen LogP contribution is -2.16. The lowest BCUT2D eigenvalue weighted by Gasteiger charge is -2.16. The second-order valence-electron chi connectivity index (χ2n) is 7.33. The molecular formula is C23H21ClF2N4O6. The molecule has 10 nitrogen and oxygen atoms in total. The van der Waals surface area contributed by atoms with Gasteiger partial charge in [-0.15, -0.1) is 0 Å². The smallest absolute Gasteiger partial charge is 0.332 e. The summed E-state index contributed by atoms with van der Waals surface area (Å²) in [6.45, 7) is -0.335. The fraction of sp³-hybridized carbons (Fsp3) is 0.261. The molecule has 0 bridgehead atoms. The maximum atomic E-state index is 14.4. The number of imidazole rings is 1. The normalized spacial score (nSPS) is 11.1. The molecule has 0 fully saturated rings. The number of hydrogen-bond acceptors (Lipinski definition) is 8. The van der Waals surface area contributed by atoms with Gasteiger partial charge in [0.05, 0.1) is 37.6 Å². The van der Waals surface area contributed by atoms with Crippen LogP contribution in [0.1, 0.15) is 11.4 Å². The van der Waals surface area contributed by atoms with Gasteiger partial charge in [0, 0.05) is 19.2 Å². The minimum Gasteiger partial charge on any atom is -0.496 e. The minimum absolute atomic E-state index is 0.0669. The van der Waals surface area contributed by atoms with Gasteiger partial charge in [0.1, 0.15) is 24.5 Å². The molecule has 0 radical (unpaired) electrons. The van der Waals surface area contributed by atoms with Gasteiger partial charge in [0.25, 0.3) is 0 Å². The largest absolute Gasteiger partial charge is 0.496 e. The van der Waals surface area contributed by atoms with Crippen LogP contribution in [-0.2, 0) is 18.0 Å². The number of hydrogen-bond donors (Lipinski definition) is 1. The topological polar surface area (TPSA) is 110 Å². The van der Waals surface area contributed by atoms with Crippen LogP contribution >= 0.6 is 11.6 Å². The Morgan fingerprint density at radius 3 is 2.39 bits per heavy atom. The van der Waals surface area contributed by atoms with Crippen molar-refractivity contribution >= 4 is 22.8 Å². The third-order valence-corrected chi connectivity index (χ3v) is 5.54. The van der Waals surface area contributed by atoms with Crippen LogP contribution in [0.4, 0.5) is 8.78 Å². The van der Waals surface area contributed by atoms with Gasteiger partial charge in [-0.3, -0.25) is 4.98 Å². The molecule has 0 aliphatic rings. The van der Waals surface area contributed by atoms with Crippen molar-refractivity contribution in [2.24, 2.45) is 0 Å². The van der Waals surface area contributed by atoms with Gasteiger partial charge >= 0.3 is 5.69 Å². The van der Waals surface area contributed by atoms with E-state index in [-0.39, 0.29) is 63.0 Å². The molecule has 0 atom stereocenters. The van der Waals surface area contributed by atoms with Gasteiger partial charge in [0.15, 0.2) is 34.6 Å². The molecule has 2 heterocycles. The van der Waals surface area contributed by atoms with Crippen LogP contribution in [0.5, 0.6) is 23.1 Å². The Labute approximate surface area is 208 Å². The highest BCUT2D eigenvalue weighted by Crippen LogP contribution is 2.37. The molecule has 0 aliphatic heterocycles. The van der Waals surface area contributed by atoms with E-state index in [1.807, 2.05) is 0 Å². The summed E-state index contributed by atoms with van der Waals surface area (Å²) < 4.78 is 56.1. The van der Waals surface area contributed by atoms with Gasteiger partial charge in [-0.25, -0.2) is 23.1 Å². The van der Waals surface area contributed by atoms with E-state index < -0.39 is 23.9 Å². The molecule has 0 amide bonds. The Hall–Kier alpha value is -3.90.